The molecule has 1 amide bonds. The average molecular weight is 315 g/mol. The SMILES string of the molecule is Cc1ccc(CN(C(=O)COc2ccccc2CO)C2CC2)o1. The Bertz CT molecular complexity index is 675. The summed E-state index contributed by atoms with van der Waals surface area (Å²) in [7, 11) is 0. The summed E-state index contributed by atoms with van der Waals surface area (Å²) in [4.78, 5) is 14.3. The minimum atomic E-state index is -0.109. The molecule has 23 heavy (non-hydrogen) atoms. The predicted molar refractivity (Wildman–Crippen MR) is 84.9 cm³/mol. The van der Waals surface area contributed by atoms with Crippen LogP contribution in [0.25, 0.3) is 0 Å². The van der Waals surface area contributed by atoms with Crippen LogP contribution >= 0.6 is 0 Å². The summed E-state index contributed by atoms with van der Waals surface area (Å²) < 4.78 is 11.2. The molecule has 122 valence electrons. The molecular formula is C18H21NO4. The summed E-state index contributed by atoms with van der Waals surface area (Å²) in [6, 6.07) is 11.3. The Labute approximate surface area is 135 Å². The number of aliphatic hydroxyl groups is 1. The van der Waals surface area contributed by atoms with E-state index in [-0.39, 0.29) is 25.2 Å². The molecule has 1 aromatic carbocycles. The Morgan fingerprint density at radius 1 is 1.30 bits per heavy atom. The van der Waals surface area contributed by atoms with Crippen molar-refractivity contribution in [1.82, 2.24) is 4.90 Å². The third-order valence-corrected chi connectivity index (χ3v) is 3.92. The van der Waals surface area contributed by atoms with E-state index < -0.39 is 0 Å². The molecule has 1 saturated carbocycles. The van der Waals surface area contributed by atoms with Crippen LogP contribution in [0.4, 0.5) is 0 Å². The van der Waals surface area contributed by atoms with E-state index in [1.165, 1.54) is 0 Å². The molecule has 0 saturated heterocycles. The van der Waals surface area contributed by atoms with Crippen LogP contribution < -0.4 is 4.74 Å². The lowest BCUT2D eigenvalue weighted by Gasteiger charge is -2.21. The number of ether oxygens (including phenoxy) is 1. The van der Waals surface area contributed by atoms with Crippen molar-refractivity contribution in [3.05, 3.63) is 53.5 Å². The minimum Gasteiger partial charge on any atom is -0.483 e. The molecule has 0 bridgehead atoms. The van der Waals surface area contributed by atoms with Gasteiger partial charge in [0.1, 0.15) is 17.3 Å². The second-order valence-electron chi connectivity index (χ2n) is 5.82. The molecule has 0 unspecified atom stereocenters. The van der Waals surface area contributed by atoms with Crippen LogP contribution in [-0.2, 0) is 17.9 Å². The van der Waals surface area contributed by atoms with E-state index in [2.05, 4.69) is 0 Å². The minimum absolute atomic E-state index is 0.0345. The number of aryl methyl sites for hydroxylation is 1. The lowest BCUT2D eigenvalue weighted by Crippen LogP contribution is -2.36. The summed E-state index contributed by atoms with van der Waals surface area (Å²) >= 11 is 0. The summed E-state index contributed by atoms with van der Waals surface area (Å²) in [6.07, 6.45) is 2.05. The predicted octanol–water partition coefficient (Wildman–Crippen LogP) is 2.65. The van der Waals surface area contributed by atoms with E-state index in [4.69, 9.17) is 9.15 Å². The maximum atomic E-state index is 12.5. The number of carbonyl (C=O) groups excluding carboxylic acids is 1. The fourth-order valence-corrected chi connectivity index (χ4v) is 2.54. The second kappa shape index (κ2) is 6.87. The van der Waals surface area contributed by atoms with Crippen molar-refractivity contribution < 1.29 is 19.1 Å². The zero-order chi connectivity index (χ0) is 16.2. The molecule has 0 aliphatic heterocycles. The number of nitrogens with zero attached hydrogens (tertiary/aromatic N) is 1. The lowest BCUT2D eigenvalue weighted by molar-refractivity contribution is -0.134. The fourth-order valence-electron chi connectivity index (χ4n) is 2.54. The monoisotopic (exact) mass is 315 g/mol. The summed E-state index contributed by atoms with van der Waals surface area (Å²) in [5.41, 5.74) is 0.680. The number of benzene rings is 1. The Balaban J connectivity index is 1.62. The van der Waals surface area contributed by atoms with Gasteiger partial charge in [-0.05, 0) is 38.0 Å². The molecule has 2 aromatic rings. The number of hydrogen-bond donors (Lipinski definition) is 1. The first-order valence-corrected chi connectivity index (χ1v) is 7.83. The van der Waals surface area contributed by atoms with Crippen molar-refractivity contribution in [3.63, 3.8) is 0 Å². The molecule has 1 aliphatic rings. The number of aliphatic hydroxyl groups excluding tert-OH is 1. The summed E-state index contributed by atoms with van der Waals surface area (Å²) in [5.74, 6) is 2.12. The second-order valence-corrected chi connectivity index (χ2v) is 5.82. The van der Waals surface area contributed by atoms with Gasteiger partial charge in [0.25, 0.3) is 5.91 Å². The molecule has 5 nitrogen and oxygen atoms in total. The lowest BCUT2D eigenvalue weighted by atomic mass is 10.2. The molecule has 1 aliphatic carbocycles. The van der Waals surface area contributed by atoms with Crippen molar-refractivity contribution in [2.75, 3.05) is 6.61 Å². The fraction of sp³-hybridized carbons (Fsp3) is 0.389. The molecule has 1 heterocycles. The molecule has 1 fully saturated rings. The van der Waals surface area contributed by atoms with Crippen molar-refractivity contribution >= 4 is 5.91 Å². The maximum absolute atomic E-state index is 12.5. The molecule has 1 aromatic heterocycles. The standard InChI is InChI=1S/C18H21NO4/c1-13-6-9-16(23-13)10-19(15-7-8-15)18(21)12-22-17-5-3-2-4-14(17)11-20/h2-6,9,15,20H,7-8,10-12H2,1H3. The highest BCUT2D eigenvalue weighted by Gasteiger charge is 2.33. The average Bonchev–Trinajstić information content (AvgIpc) is 3.32. The van der Waals surface area contributed by atoms with Crippen LogP contribution in [0.15, 0.2) is 40.8 Å². The van der Waals surface area contributed by atoms with Gasteiger partial charge in [0.15, 0.2) is 6.61 Å². The van der Waals surface area contributed by atoms with Gasteiger partial charge in [0, 0.05) is 11.6 Å². The third kappa shape index (κ3) is 3.93. The van der Waals surface area contributed by atoms with Crippen molar-refractivity contribution in [3.8, 4) is 5.75 Å². The van der Waals surface area contributed by atoms with Crippen LogP contribution in [0, 0.1) is 6.92 Å². The Kier molecular flexibility index (Phi) is 4.67. The van der Waals surface area contributed by atoms with E-state index in [0.29, 0.717) is 17.9 Å². The van der Waals surface area contributed by atoms with E-state index in [0.717, 1.165) is 24.4 Å². The van der Waals surface area contributed by atoms with Gasteiger partial charge < -0.3 is 19.2 Å². The Morgan fingerprint density at radius 2 is 2.09 bits per heavy atom. The quantitative estimate of drug-likeness (QED) is 0.853. The number of para-hydroxylation sites is 1. The number of rotatable bonds is 7. The molecule has 0 spiro atoms. The van der Waals surface area contributed by atoms with Gasteiger partial charge in [-0.1, -0.05) is 18.2 Å². The third-order valence-electron chi connectivity index (χ3n) is 3.92. The Hall–Kier alpha value is -2.27. The van der Waals surface area contributed by atoms with Crippen LogP contribution in [0.2, 0.25) is 0 Å². The van der Waals surface area contributed by atoms with Crippen molar-refractivity contribution in [1.29, 1.82) is 0 Å². The van der Waals surface area contributed by atoms with Gasteiger partial charge in [0.2, 0.25) is 0 Å². The van der Waals surface area contributed by atoms with Gasteiger partial charge in [-0.15, -0.1) is 0 Å². The number of furan rings is 1. The maximum Gasteiger partial charge on any atom is 0.261 e. The van der Waals surface area contributed by atoms with E-state index in [1.807, 2.05) is 36.1 Å². The van der Waals surface area contributed by atoms with Crippen molar-refractivity contribution in [2.24, 2.45) is 0 Å². The van der Waals surface area contributed by atoms with E-state index in [9.17, 15) is 9.90 Å². The highest BCUT2D eigenvalue weighted by molar-refractivity contribution is 5.78. The van der Waals surface area contributed by atoms with Gasteiger partial charge in [-0.2, -0.15) is 0 Å². The summed E-state index contributed by atoms with van der Waals surface area (Å²) in [5, 5.41) is 9.30. The molecule has 0 atom stereocenters. The van der Waals surface area contributed by atoms with E-state index >= 15 is 0 Å². The highest BCUT2D eigenvalue weighted by Crippen LogP contribution is 2.29. The zero-order valence-electron chi connectivity index (χ0n) is 13.2. The highest BCUT2D eigenvalue weighted by atomic mass is 16.5. The van der Waals surface area contributed by atoms with Gasteiger partial charge in [-0.3, -0.25) is 4.79 Å². The molecule has 0 radical (unpaired) electrons. The zero-order valence-corrected chi connectivity index (χ0v) is 13.2. The van der Waals surface area contributed by atoms with Crippen LogP contribution in [0.3, 0.4) is 0 Å². The molecule has 1 N–H and O–H groups in total. The van der Waals surface area contributed by atoms with Crippen LogP contribution in [-0.4, -0.2) is 28.6 Å². The number of hydrogen-bond acceptors (Lipinski definition) is 4. The van der Waals surface area contributed by atoms with Crippen LogP contribution in [0.1, 0.15) is 29.9 Å². The first-order chi connectivity index (χ1) is 11.2. The van der Waals surface area contributed by atoms with Gasteiger partial charge >= 0.3 is 0 Å². The molecule has 5 heteroatoms. The Morgan fingerprint density at radius 3 is 2.74 bits per heavy atom. The smallest absolute Gasteiger partial charge is 0.261 e. The number of amides is 1. The van der Waals surface area contributed by atoms with Crippen molar-refractivity contribution in [2.45, 2.75) is 39.0 Å². The summed E-state index contributed by atoms with van der Waals surface area (Å²) in [6.45, 7) is 2.22. The number of carbonyl (C=O) groups is 1. The molecular weight excluding hydrogens is 294 g/mol. The largest absolute Gasteiger partial charge is 0.483 e. The van der Waals surface area contributed by atoms with Gasteiger partial charge in [-0.25, -0.2) is 0 Å². The normalized spacial score (nSPS) is 13.8. The van der Waals surface area contributed by atoms with Crippen LogP contribution in [0.5, 0.6) is 5.75 Å². The van der Waals surface area contributed by atoms with Gasteiger partial charge in [0.05, 0.1) is 13.2 Å². The van der Waals surface area contributed by atoms with E-state index in [1.54, 1.807) is 12.1 Å². The first-order valence-electron chi connectivity index (χ1n) is 7.83. The first kappa shape index (κ1) is 15.6. The topological polar surface area (TPSA) is 62.9 Å². The molecule has 3 rings (SSSR count).